The second kappa shape index (κ2) is 9.20. The average molecular weight is 414 g/mol. The fourth-order valence-electron chi connectivity index (χ4n) is 3.52. The van der Waals surface area contributed by atoms with Crippen molar-refractivity contribution < 1.29 is 9.72 Å². The number of nitro groups is 1. The Labute approximate surface area is 175 Å². The zero-order chi connectivity index (χ0) is 21.0. The first-order valence-corrected chi connectivity index (χ1v) is 9.93. The van der Waals surface area contributed by atoms with E-state index in [1.807, 2.05) is 29.2 Å². The SMILES string of the molecule is C[C@@H]1CN(C(=O)C=Cc2ccc([N+](=O)[O-])cc2)[C@@H](C)CN1Cc1ccc(Cl)cc1. The molecule has 7 heteroatoms. The molecule has 1 heterocycles. The van der Waals surface area contributed by atoms with Crippen molar-refractivity contribution in [2.45, 2.75) is 32.5 Å². The van der Waals surface area contributed by atoms with E-state index in [4.69, 9.17) is 11.6 Å². The molecule has 1 saturated heterocycles. The third kappa shape index (κ3) is 5.43. The van der Waals surface area contributed by atoms with E-state index in [-0.39, 0.29) is 23.7 Å². The van der Waals surface area contributed by atoms with E-state index in [9.17, 15) is 14.9 Å². The lowest BCUT2D eigenvalue weighted by Gasteiger charge is -2.44. The van der Waals surface area contributed by atoms with Gasteiger partial charge in [0, 0.05) is 54.9 Å². The van der Waals surface area contributed by atoms with Gasteiger partial charge in [0.2, 0.25) is 5.91 Å². The molecule has 1 fully saturated rings. The quantitative estimate of drug-likeness (QED) is 0.414. The Morgan fingerprint density at radius 2 is 1.76 bits per heavy atom. The van der Waals surface area contributed by atoms with Crippen LogP contribution in [-0.2, 0) is 11.3 Å². The highest BCUT2D eigenvalue weighted by Gasteiger charge is 2.30. The molecule has 0 saturated carbocycles. The Bertz CT molecular complexity index is 897. The molecule has 0 bridgehead atoms. The van der Waals surface area contributed by atoms with Crippen LogP contribution in [0.25, 0.3) is 6.08 Å². The number of rotatable bonds is 5. The fourth-order valence-corrected chi connectivity index (χ4v) is 3.65. The van der Waals surface area contributed by atoms with Gasteiger partial charge in [-0.1, -0.05) is 23.7 Å². The number of halogens is 1. The molecule has 0 N–H and O–H groups in total. The summed E-state index contributed by atoms with van der Waals surface area (Å²) in [5.41, 5.74) is 1.99. The molecule has 1 aliphatic rings. The van der Waals surface area contributed by atoms with Crippen LogP contribution in [0, 0.1) is 10.1 Å². The minimum atomic E-state index is -0.439. The number of hydrogen-bond acceptors (Lipinski definition) is 4. The number of nitrogens with zero attached hydrogens (tertiary/aromatic N) is 3. The van der Waals surface area contributed by atoms with E-state index in [1.165, 1.54) is 17.7 Å². The van der Waals surface area contributed by atoms with Crippen molar-refractivity contribution in [3.8, 4) is 0 Å². The summed E-state index contributed by atoms with van der Waals surface area (Å²) in [5, 5.41) is 11.5. The van der Waals surface area contributed by atoms with Gasteiger partial charge in [0.25, 0.3) is 5.69 Å². The largest absolute Gasteiger partial charge is 0.334 e. The van der Waals surface area contributed by atoms with E-state index < -0.39 is 4.92 Å². The monoisotopic (exact) mass is 413 g/mol. The summed E-state index contributed by atoms with van der Waals surface area (Å²) >= 11 is 5.96. The maximum absolute atomic E-state index is 12.7. The minimum Gasteiger partial charge on any atom is -0.334 e. The Kier molecular flexibility index (Phi) is 6.67. The highest BCUT2D eigenvalue weighted by molar-refractivity contribution is 6.30. The van der Waals surface area contributed by atoms with Gasteiger partial charge in [-0.15, -0.1) is 0 Å². The number of nitro benzene ring substituents is 1. The van der Waals surface area contributed by atoms with Gasteiger partial charge in [-0.3, -0.25) is 19.8 Å². The van der Waals surface area contributed by atoms with Crippen LogP contribution in [-0.4, -0.2) is 45.8 Å². The van der Waals surface area contributed by atoms with Gasteiger partial charge < -0.3 is 4.90 Å². The normalized spacial score (nSPS) is 20.2. The van der Waals surface area contributed by atoms with E-state index in [1.54, 1.807) is 24.3 Å². The smallest absolute Gasteiger partial charge is 0.269 e. The van der Waals surface area contributed by atoms with Crippen LogP contribution >= 0.6 is 11.6 Å². The van der Waals surface area contributed by atoms with E-state index in [2.05, 4.69) is 18.7 Å². The van der Waals surface area contributed by atoms with E-state index >= 15 is 0 Å². The molecule has 29 heavy (non-hydrogen) atoms. The average Bonchev–Trinajstić information content (AvgIpc) is 2.70. The van der Waals surface area contributed by atoms with Gasteiger partial charge in [-0.25, -0.2) is 0 Å². The number of carbonyl (C=O) groups excluding carboxylic acids is 1. The molecule has 0 radical (unpaired) electrons. The number of carbonyl (C=O) groups is 1. The molecule has 1 amide bonds. The van der Waals surface area contributed by atoms with Crippen molar-refractivity contribution in [1.29, 1.82) is 0 Å². The third-order valence-corrected chi connectivity index (χ3v) is 5.47. The predicted molar refractivity (Wildman–Crippen MR) is 115 cm³/mol. The van der Waals surface area contributed by atoms with Crippen LogP contribution in [0.1, 0.15) is 25.0 Å². The predicted octanol–water partition coefficient (Wildman–Crippen LogP) is 4.38. The standard InChI is InChI=1S/C22H24ClN3O3/c1-16-14-25(17(2)13-24(16)15-19-3-8-20(23)9-4-19)22(27)12-7-18-5-10-21(11-6-18)26(28)29/h3-12,16-17H,13-15H2,1-2H3/t16-,17+/m1/s1. The maximum Gasteiger partial charge on any atom is 0.269 e. The van der Waals surface area contributed by atoms with E-state index in [0.29, 0.717) is 6.54 Å². The van der Waals surface area contributed by atoms with Gasteiger partial charge in [0.15, 0.2) is 0 Å². The Hall–Kier alpha value is -2.70. The molecule has 2 atom stereocenters. The highest BCUT2D eigenvalue weighted by atomic mass is 35.5. The third-order valence-electron chi connectivity index (χ3n) is 5.22. The first kappa shape index (κ1) is 21.0. The fraction of sp³-hybridized carbons (Fsp3) is 0.318. The molecule has 152 valence electrons. The highest BCUT2D eigenvalue weighted by Crippen LogP contribution is 2.20. The molecule has 0 spiro atoms. The molecular weight excluding hydrogens is 390 g/mol. The number of piperazine rings is 1. The van der Waals surface area contributed by atoms with Crippen LogP contribution in [0.2, 0.25) is 5.02 Å². The number of amides is 1. The summed E-state index contributed by atoms with van der Waals surface area (Å²) in [7, 11) is 0. The van der Waals surface area contributed by atoms with Crippen LogP contribution in [0.4, 0.5) is 5.69 Å². The molecule has 0 aliphatic carbocycles. The number of hydrogen-bond donors (Lipinski definition) is 0. The molecule has 6 nitrogen and oxygen atoms in total. The summed E-state index contributed by atoms with van der Waals surface area (Å²) in [5.74, 6) is -0.0474. The molecule has 2 aromatic carbocycles. The number of non-ortho nitro benzene ring substituents is 1. The maximum atomic E-state index is 12.7. The lowest BCUT2D eigenvalue weighted by Crippen LogP contribution is -2.57. The molecule has 3 rings (SSSR count). The van der Waals surface area contributed by atoms with E-state index in [0.717, 1.165) is 23.7 Å². The minimum absolute atomic E-state index is 0.0349. The van der Waals surface area contributed by atoms with Crippen molar-refractivity contribution >= 4 is 29.3 Å². The summed E-state index contributed by atoms with van der Waals surface area (Å²) in [6, 6.07) is 14.3. The molecule has 0 unspecified atom stereocenters. The van der Waals surface area contributed by atoms with Gasteiger partial charge in [0.1, 0.15) is 0 Å². The van der Waals surface area contributed by atoms with Gasteiger partial charge >= 0.3 is 0 Å². The van der Waals surface area contributed by atoms with Crippen LogP contribution in [0.5, 0.6) is 0 Å². The van der Waals surface area contributed by atoms with Crippen molar-refractivity contribution in [3.63, 3.8) is 0 Å². The Morgan fingerprint density at radius 3 is 2.38 bits per heavy atom. The first-order valence-electron chi connectivity index (χ1n) is 9.55. The van der Waals surface area contributed by atoms with Gasteiger partial charge in [0.05, 0.1) is 4.92 Å². The summed E-state index contributed by atoms with van der Waals surface area (Å²) < 4.78 is 0. The van der Waals surface area contributed by atoms with Crippen molar-refractivity contribution in [2.24, 2.45) is 0 Å². The molecule has 2 aromatic rings. The van der Waals surface area contributed by atoms with Crippen molar-refractivity contribution in [3.05, 3.63) is 80.9 Å². The van der Waals surface area contributed by atoms with Gasteiger partial charge in [-0.05, 0) is 55.3 Å². The van der Waals surface area contributed by atoms with Crippen molar-refractivity contribution in [2.75, 3.05) is 13.1 Å². The van der Waals surface area contributed by atoms with Crippen molar-refractivity contribution in [1.82, 2.24) is 9.80 Å². The summed E-state index contributed by atoms with van der Waals surface area (Å²) in [6.07, 6.45) is 3.24. The van der Waals surface area contributed by atoms with Crippen LogP contribution < -0.4 is 0 Å². The van der Waals surface area contributed by atoms with Crippen LogP contribution in [0.15, 0.2) is 54.6 Å². The lowest BCUT2D eigenvalue weighted by molar-refractivity contribution is -0.384. The lowest BCUT2D eigenvalue weighted by atomic mass is 10.1. The van der Waals surface area contributed by atoms with Gasteiger partial charge in [-0.2, -0.15) is 0 Å². The molecular formula is C22H24ClN3O3. The van der Waals surface area contributed by atoms with Crippen LogP contribution in [0.3, 0.4) is 0 Å². The molecule has 0 aromatic heterocycles. The Balaban J connectivity index is 1.60. The zero-order valence-corrected chi connectivity index (χ0v) is 17.2. The first-order chi connectivity index (χ1) is 13.8. The topological polar surface area (TPSA) is 66.7 Å². The Morgan fingerprint density at radius 1 is 1.10 bits per heavy atom. The summed E-state index contributed by atoms with van der Waals surface area (Å²) in [4.78, 5) is 27.2. The second-order valence-electron chi connectivity index (χ2n) is 7.43. The zero-order valence-electron chi connectivity index (χ0n) is 16.5. The molecule has 1 aliphatic heterocycles. The second-order valence-corrected chi connectivity index (χ2v) is 7.86. The number of benzene rings is 2. The summed E-state index contributed by atoms with van der Waals surface area (Å²) in [6.45, 7) is 6.45.